The van der Waals surface area contributed by atoms with Gasteiger partial charge in [-0.1, -0.05) is 25.1 Å². The molecule has 1 aromatic rings. The van der Waals surface area contributed by atoms with Crippen molar-refractivity contribution in [3.8, 4) is 5.75 Å². The fourth-order valence-electron chi connectivity index (χ4n) is 2.81. The van der Waals surface area contributed by atoms with Crippen LogP contribution in [0.25, 0.3) is 0 Å². The Morgan fingerprint density at radius 1 is 1.43 bits per heavy atom. The molecule has 1 aliphatic rings. The van der Waals surface area contributed by atoms with Crippen LogP contribution in [0.5, 0.6) is 5.75 Å². The Morgan fingerprint density at radius 2 is 2.19 bits per heavy atom. The molecule has 0 aromatic heterocycles. The summed E-state index contributed by atoms with van der Waals surface area (Å²) in [5.41, 5.74) is 1.03. The number of ether oxygens (including phenoxy) is 2. The first kappa shape index (κ1) is 15.8. The van der Waals surface area contributed by atoms with Crippen LogP contribution in [0.1, 0.15) is 24.9 Å². The first-order valence-corrected chi connectivity index (χ1v) is 7.39. The van der Waals surface area contributed by atoms with Crippen LogP contribution in [0.15, 0.2) is 24.3 Å². The summed E-state index contributed by atoms with van der Waals surface area (Å²) in [6, 6.07) is 7.84. The van der Waals surface area contributed by atoms with Gasteiger partial charge in [-0.25, -0.2) is 0 Å². The molecule has 2 atom stereocenters. The van der Waals surface area contributed by atoms with E-state index in [1.54, 1.807) is 14.2 Å². The van der Waals surface area contributed by atoms with Crippen LogP contribution >= 0.6 is 0 Å². The molecule has 5 nitrogen and oxygen atoms in total. The minimum absolute atomic E-state index is 0.0217. The average molecular weight is 292 g/mol. The Hall–Kier alpha value is -1.59. The minimum Gasteiger partial charge on any atom is -0.496 e. The highest BCUT2D eigenvalue weighted by Crippen LogP contribution is 2.30. The highest BCUT2D eigenvalue weighted by Gasteiger charge is 2.32. The maximum Gasteiger partial charge on any atom is 0.252 e. The van der Waals surface area contributed by atoms with Gasteiger partial charge < -0.3 is 19.7 Å². The Balaban J connectivity index is 2.28. The lowest BCUT2D eigenvalue weighted by atomic mass is 10.0. The Bertz CT molecular complexity index is 474. The van der Waals surface area contributed by atoms with Gasteiger partial charge in [0.25, 0.3) is 5.91 Å². The molecule has 5 heteroatoms. The lowest BCUT2D eigenvalue weighted by Crippen LogP contribution is -2.52. The molecule has 2 rings (SSSR count). The summed E-state index contributed by atoms with van der Waals surface area (Å²) in [7, 11) is 3.25. The monoisotopic (exact) mass is 292 g/mol. The van der Waals surface area contributed by atoms with Crippen molar-refractivity contribution >= 4 is 5.91 Å². The molecule has 0 bridgehead atoms. The number of hydrogen-bond acceptors (Lipinski definition) is 4. The van der Waals surface area contributed by atoms with Crippen molar-refractivity contribution in [3.05, 3.63) is 29.8 Å². The van der Waals surface area contributed by atoms with Gasteiger partial charge in [0.1, 0.15) is 11.9 Å². The molecule has 116 valence electrons. The van der Waals surface area contributed by atoms with Crippen molar-refractivity contribution < 1.29 is 14.3 Å². The number of amides is 1. The Morgan fingerprint density at radius 3 is 2.86 bits per heavy atom. The second kappa shape index (κ2) is 7.43. The fourth-order valence-corrected chi connectivity index (χ4v) is 2.81. The SMILES string of the molecule is CCC(OC)C(=O)N1CCNCC1c1ccccc1OC. The highest BCUT2D eigenvalue weighted by atomic mass is 16.5. The van der Waals surface area contributed by atoms with E-state index in [1.165, 1.54) is 0 Å². The molecule has 1 aliphatic heterocycles. The third-order valence-corrected chi connectivity index (χ3v) is 3.96. The van der Waals surface area contributed by atoms with Crippen LogP contribution in [0.3, 0.4) is 0 Å². The number of nitrogens with one attached hydrogen (secondary N) is 1. The summed E-state index contributed by atoms with van der Waals surface area (Å²) in [6.07, 6.45) is 0.304. The summed E-state index contributed by atoms with van der Waals surface area (Å²) in [5, 5.41) is 3.35. The largest absolute Gasteiger partial charge is 0.496 e. The Kier molecular flexibility index (Phi) is 5.59. The predicted octanol–water partition coefficient (Wildman–Crippen LogP) is 1.59. The minimum atomic E-state index is -0.375. The quantitative estimate of drug-likeness (QED) is 0.895. The molecule has 0 saturated carbocycles. The number of carbonyl (C=O) groups excluding carboxylic acids is 1. The van der Waals surface area contributed by atoms with E-state index in [-0.39, 0.29) is 18.1 Å². The molecule has 1 amide bonds. The van der Waals surface area contributed by atoms with Crippen LogP contribution in [-0.4, -0.2) is 50.8 Å². The van der Waals surface area contributed by atoms with E-state index in [0.29, 0.717) is 13.0 Å². The third-order valence-electron chi connectivity index (χ3n) is 3.96. The average Bonchev–Trinajstić information content (AvgIpc) is 2.55. The van der Waals surface area contributed by atoms with E-state index in [1.807, 2.05) is 36.1 Å². The molecule has 1 N–H and O–H groups in total. The van der Waals surface area contributed by atoms with Crippen molar-refractivity contribution in [2.24, 2.45) is 0 Å². The van der Waals surface area contributed by atoms with Crippen LogP contribution < -0.4 is 10.1 Å². The number of piperazine rings is 1. The van der Waals surface area contributed by atoms with Gasteiger partial charge in [0.2, 0.25) is 0 Å². The number of nitrogens with zero attached hydrogens (tertiary/aromatic N) is 1. The van der Waals surface area contributed by atoms with Gasteiger partial charge in [-0.05, 0) is 12.5 Å². The zero-order valence-electron chi connectivity index (χ0n) is 13.0. The van der Waals surface area contributed by atoms with Crippen molar-refractivity contribution in [3.63, 3.8) is 0 Å². The van der Waals surface area contributed by atoms with Gasteiger partial charge in [-0.3, -0.25) is 4.79 Å². The highest BCUT2D eigenvalue weighted by molar-refractivity contribution is 5.81. The van der Waals surface area contributed by atoms with Crippen molar-refractivity contribution in [2.45, 2.75) is 25.5 Å². The molecule has 1 heterocycles. The normalized spacial score (nSPS) is 20.1. The maximum absolute atomic E-state index is 12.7. The summed E-state index contributed by atoms with van der Waals surface area (Å²) >= 11 is 0. The standard InChI is InChI=1S/C16H24N2O3/c1-4-14(20-2)16(19)18-10-9-17-11-13(18)12-7-5-6-8-15(12)21-3/h5-8,13-14,17H,4,9-11H2,1-3H3. The number of rotatable bonds is 5. The number of methoxy groups -OCH3 is 2. The summed E-state index contributed by atoms with van der Waals surface area (Å²) < 4.78 is 10.8. The van der Waals surface area contributed by atoms with Crippen LogP contribution in [0, 0.1) is 0 Å². The van der Waals surface area contributed by atoms with Gasteiger partial charge in [0.05, 0.1) is 13.2 Å². The molecular formula is C16H24N2O3. The second-order valence-corrected chi connectivity index (χ2v) is 5.13. The van der Waals surface area contributed by atoms with Gasteiger partial charge in [-0.2, -0.15) is 0 Å². The molecule has 1 fully saturated rings. The first-order valence-electron chi connectivity index (χ1n) is 7.39. The number of hydrogen-bond donors (Lipinski definition) is 1. The molecular weight excluding hydrogens is 268 g/mol. The van der Waals surface area contributed by atoms with Gasteiger partial charge in [0, 0.05) is 32.3 Å². The molecule has 0 radical (unpaired) electrons. The van der Waals surface area contributed by atoms with E-state index < -0.39 is 0 Å². The van der Waals surface area contributed by atoms with E-state index in [2.05, 4.69) is 5.32 Å². The Labute approximate surface area is 126 Å². The van der Waals surface area contributed by atoms with Crippen molar-refractivity contribution in [2.75, 3.05) is 33.9 Å². The molecule has 1 saturated heterocycles. The summed E-state index contributed by atoms with van der Waals surface area (Å²) in [5.74, 6) is 0.867. The topological polar surface area (TPSA) is 50.8 Å². The van der Waals surface area contributed by atoms with Crippen LogP contribution in [0.4, 0.5) is 0 Å². The van der Waals surface area contributed by atoms with Gasteiger partial charge in [-0.15, -0.1) is 0 Å². The molecule has 21 heavy (non-hydrogen) atoms. The smallest absolute Gasteiger partial charge is 0.252 e. The lowest BCUT2D eigenvalue weighted by molar-refractivity contribution is -0.145. The molecule has 1 aromatic carbocycles. The van der Waals surface area contributed by atoms with E-state index >= 15 is 0 Å². The van der Waals surface area contributed by atoms with E-state index in [4.69, 9.17) is 9.47 Å². The van der Waals surface area contributed by atoms with Crippen LogP contribution in [-0.2, 0) is 9.53 Å². The van der Waals surface area contributed by atoms with Crippen molar-refractivity contribution in [1.29, 1.82) is 0 Å². The lowest BCUT2D eigenvalue weighted by Gasteiger charge is -2.38. The number of para-hydroxylation sites is 1. The zero-order chi connectivity index (χ0) is 15.2. The molecule has 0 aliphatic carbocycles. The molecule has 0 spiro atoms. The van der Waals surface area contributed by atoms with Gasteiger partial charge >= 0.3 is 0 Å². The first-order chi connectivity index (χ1) is 10.2. The fraction of sp³-hybridized carbons (Fsp3) is 0.562. The number of benzene rings is 1. The summed E-state index contributed by atoms with van der Waals surface area (Å²) in [4.78, 5) is 14.6. The maximum atomic E-state index is 12.7. The second-order valence-electron chi connectivity index (χ2n) is 5.13. The summed E-state index contributed by atoms with van der Waals surface area (Å²) in [6.45, 7) is 4.18. The van der Waals surface area contributed by atoms with Crippen molar-refractivity contribution in [1.82, 2.24) is 10.2 Å². The molecule has 2 unspecified atom stereocenters. The number of carbonyl (C=O) groups is 1. The third kappa shape index (κ3) is 3.36. The predicted molar refractivity (Wildman–Crippen MR) is 81.4 cm³/mol. The van der Waals surface area contributed by atoms with Gasteiger partial charge in [0.15, 0.2) is 0 Å². The zero-order valence-corrected chi connectivity index (χ0v) is 13.0. The van der Waals surface area contributed by atoms with Crippen LogP contribution in [0.2, 0.25) is 0 Å². The van der Waals surface area contributed by atoms with E-state index in [0.717, 1.165) is 24.4 Å². The van der Waals surface area contributed by atoms with E-state index in [9.17, 15) is 4.79 Å².